The van der Waals surface area contributed by atoms with Crippen LogP contribution in [0.4, 0.5) is 5.69 Å². The van der Waals surface area contributed by atoms with Gasteiger partial charge in [0, 0.05) is 11.8 Å². The number of anilines is 1. The number of hydrogen-bond donors (Lipinski definition) is 1. The Morgan fingerprint density at radius 1 is 1.10 bits per heavy atom. The van der Waals surface area contributed by atoms with Crippen LogP contribution in [0.2, 0.25) is 0 Å². The molecule has 0 radical (unpaired) electrons. The lowest BCUT2D eigenvalue weighted by atomic mass is 10.1. The molecule has 0 fully saturated rings. The van der Waals surface area contributed by atoms with E-state index in [-0.39, 0.29) is 5.91 Å². The van der Waals surface area contributed by atoms with Gasteiger partial charge in [-0.3, -0.25) is 4.79 Å². The Balaban J connectivity index is 2.09. The number of methoxy groups -OCH3 is 1. The van der Waals surface area contributed by atoms with Crippen molar-refractivity contribution in [3.05, 3.63) is 65.2 Å². The minimum Gasteiger partial charge on any atom is -0.497 e. The second-order valence-electron chi connectivity index (χ2n) is 4.87. The summed E-state index contributed by atoms with van der Waals surface area (Å²) < 4.78 is 5.15. The van der Waals surface area contributed by atoms with Crippen LogP contribution in [0.3, 0.4) is 0 Å². The summed E-state index contributed by atoms with van der Waals surface area (Å²) in [7, 11) is 1.62. The minimum absolute atomic E-state index is 0.143. The molecule has 21 heavy (non-hydrogen) atoms. The molecule has 1 amide bonds. The van der Waals surface area contributed by atoms with Gasteiger partial charge in [0.25, 0.3) is 0 Å². The number of benzene rings is 2. The molecular formula is C18H19NO2. The van der Waals surface area contributed by atoms with Crippen molar-refractivity contribution in [1.82, 2.24) is 0 Å². The van der Waals surface area contributed by atoms with Crippen molar-refractivity contribution >= 4 is 17.7 Å². The fourth-order valence-electron chi connectivity index (χ4n) is 2.09. The molecule has 2 aromatic rings. The van der Waals surface area contributed by atoms with E-state index in [2.05, 4.69) is 5.32 Å². The lowest BCUT2D eigenvalue weighted by Crippen LogP contribution is -2.10. The van der Waals surface area contributed by atoms with E-state index < -0.39 is 0 Å². The number of ether oxygens (including phenoxy) is 1. The first-order chi connectivity index (χ1) is 10.1. The first-order valence-corrected chi connectivity index (χ1v) is 6.79. The summed E-state index contributed by atoms with van der Waals surface area (Å²) in [5, 5.41) is 2.92. The Morgan fingerprint density at radius 3 is 2.43 bits per heavy atom. The van der Waals surface area contributed by atoms with Crippen LogP contribution in [0.15, 0.2) is 48.5 Å². The Kier molecular flexibility index (Phi) is 4.77. The highest BCUT2D eigenvalue weighted by atomic mass is 16.5. The highest BCUT2D eigenvalue weighted by Gasteiger charge is 2.04. The summed E-state index contributed by atoms with van der Waals surface area (Å²) in [5.74, 6) is 0.627. The van der Waals surface area contributed by atoms with Gasteiger partial charge in [0.15, 0.2) is 0 Å². The molecule has 3 heteroatoms. The molecule has 0 bridgehead atoms. The van der Waals surface area contributed by atoms with E-state index in [1.807, 2.05) is 56.3 Å². The van der Waals surface area contributed by atoms with Crippen LogP contribution in [0.5, 0.6) is 5.75 Å². The normalized spacial score (nSPS) is 10.6. The zero-order valence-electron chi connectivity index (χ0n) is 12.5. The lowest BCUT2D eigenvalue weighted by Gasteiger charge is -2.09. The quantitative estimate of drug-likeness (QED) is 0.861. The third-order valence-electron chi connectivity index (χ3n) is 3.25. The molecule has 0 saturated heterocycles. The van der Waals surface area contributed by atoms with E-state index in [9.17, 15) is 4.79 Å². The molecule has 0 aliphatic rings. The van der Waals surface area contributed by atoms with E-state index in [1.54, 1.807) is 13.2 Å². The minimum atomic E-state index is -0.143. The van der Waals surface area contributed by atoms with Crippen LogP contribution >= 0.6 is 0 Å². The molecular weight excluding hydrogens is 262 g/mol. The maximum Gasteiger partial charge on any atom is 0.248 e. The molecule has 108 valence electrons. The van der Waals surface area contributed by atoms with Gasteiger partial charge in [-0.2, -0.15) is 0 Å². The number of carbonyl (C=O) groups excluding carboxylic acids is 1. The molecule has 0 spiro atoms. The second kappa shape index (κ2) is 6.75. The molecule has 1 N–H and O–H groups in total. The molecule has 0 aromatic heterocycles. The lowest BCUT2D eigenvalue weighted by molar-refractivity contribution is -0.111. The Bertz CT molecular complexity index is 654. The van der Waals surface area contributed by atoms with E-state index in [4.69, 9.17) is 4.74 Å². The first-order valence-electron chi connectivity index (χ1n) is 6.79. The van der Waals surface area contributed by atoms with Gasteiger partial charge >= 0.3 is 0 Å². The van der Waals surface area contributed by atoms with Crippen LogP contribution in [-0.4, -0.2) is 13.0 Å². The monoisotopic (exact) mass is 281 g/mol. The topological polar surface area (TPSA) is 38.3 Å². The van der Waals surface area contributed by atoms with Crippen LogP contribution < -0.4 is 10.1 Å². The van der Waals surface area contributed by atoms with Gasteiger partial charge in [-0.05, 0) is 48.7 Å². The van der Waals surface area contributed by atoms with Gasteiger partial charge in [-0.25, -0.2) is 0 Å². The number of para-hydroxylation sites is 1. The summed E-state index contributed by atoms with van der Waals surface area (Å²) in [6.45, 7) is 3.96. The Labute approximate surface area is 125 Å². The largest absolute Gasteiger partial charge is 0.497 e. The van der Waals surface area contributed by atoms with Gasteiger partial charge in [0.1, 0.15) is 5.75 Å². The number of hydrogen-bond acceptors (Lipinski definition) is 2. The fourth-order valence-corrected chi connectivity index (χ4v) is 2.09. The zero-order valence-corrected chi connectivity index (χ0v) is 12.5. The van der Waals surface area contributed by atoms with Crippen LogP contribution in [-0.2, 0) is 4.79 Å². The van der Waals surface area contributed by atoms with Gasteiger partial charge in [-0.15, -0.1) is 0 Å². The zero-order chi connectivity index (χ0) is 15.2. The predicted molar refractivity (Wildman–Crippen MR) is 86.6 cm³/mol. The average Bonchev–Trinajstić information content (AvgIpc) is 2.49. The smallest absolute Gasteiger partial charge is 0.248 e. The van der Waals surface area contributed by atoms with Crippen LogP contribution in [0.1, 0.15) is 16.7 Å². The van der Waals surface area contributed by atoms with E-state index in [0.717, 1.165) is 28.1 Å². The SMILES string of the molecule is COc1cccc(/C=C/C(=O)Nc2c(C)cccc2C)c1. The second-order valence-corrected chi connectivity index (χ2v) is 4.87. The van der Waals surface area contributed by atoms with Crippen molar-refractivity contribution in [2.75, 3.05) is 12.4 Å². The van der Waals surface area contributed by atoms with Gasteiger partial charge in [-0.1, -0.05) is 30.3 Å². The van der Waals surface area contributed by atoms with Crippen molar-refractivity contribution in [2.24, 2.45) is 0 Å². The number of nitrogens with one attached hydrogen (secondary N) is 1. The summed E-state index contributed by atoms with van der Waals surface area (Å²) in [6, 6.07) is 13.5. The van der Waals surface area contributed by atoms with Crippen molar-refractivity contribution in [2.45, 2.75) is 13.8 Å². The van der Waals surface area contributed by atoms with Gasteiger partial charge < -0.3 is 10.1 Å². The van der Waals surface area contributed by atoms with E-state index in [0.29, 0.717) is 0 Å². The first kappa shape index (κ1) is 14.9. The molecule has 2 rings (SSSR count). The van der Waals surface area contributed by atoms with E-state index in [1.165, 1.54) is 6.08 Å². The molecule has 3 nitrogen and oxygen atoms in total. The summed E-state index contributed by atoms with van der Waals surface area (Å²) in [4.78, 5) is 12.0. The maximum atomic E-state index is 12.0. The molecule has 0 heterocycles. The highest BCUT2D eigenvalue weighted by molar-refractivity contribution is 6.02. The summed E-state index contributed by atoms with van der Waals surface area (Å²) in [6.07, 6.45) is 3.30. The number of carbonyl (C=O) groups is 1. The third kappa shape index (κ3) is 3.96. The summed E-state index contributed by atoms with van der Waals surface area (Å²) >= 11 is 0. The highest BCUT2D eigenvalue weighted by Crippen LogP contribution is 2.19. The number of amides is 1. The van der Waals surface area contributed by atoms with Crippen LogP contribution in [0, 0.1) is 13.8 Å². The number of rotatable bonds is 4. The Hall–Kier alpha value is -2.55. The van der Waals surface area contributed by atoms with Crippen molar-refractivity contribution in [1.29, 1.82) is 0 Å². The molecule has 0 atom stereocenters. The average molecular weight is 281 g/mol. The third-order valence-corrected chi connectivity index (χ3v) is 3.25. The maximum absolute atomic E-state index is 12.0. The van der Waals surface area contributed by atoms with Crippen molar-refractivity contribution in [3.8, 4) is 5.75 Å². The van der Waals surface area contributed by atoms with Crippen molar-refractivity contribution < 1.29 is 9.53 Å². The number of aryl methyl sites for hydroxylation is 2. The summed E-state index contributed by atoms with van der Waals surface area (Å²) in [5.41, 5.74) is 3.90. The van der Waals surface area contributed by atoms with Crippen molar-refractivity contribution in [3.63, 3.8) is 0 Å². The van der Waals surface area contributed by atoms with Gasteiger partial charge in [0.2, 0.25) is 5.91 Å². The predicted octanol–water partition coefficient (Wildman–Crippen LogP) is 3.96. The molecule has 2 aromatic carbocycles. The molecule has 0 aliphatic carbocycles. The fraction of sp³-hybridized carbons (Fsp3) is 0.167. The standard InChI is InChI=1S/C18H19NO2/c1-13-6-4-7-14(2)18(13)19-17(20)11-10-15-8-5-9-16(12-15)21-3/h4-12H,1-3H3,(H,19,20)/b11-10+. The van der Waals surface area contributed by atoms with E-state index >= 15 is 0 Å². The van der Waals surface area contributed by atoms with Gasteiger partial charge in [0.05, 0.1) is 7.11 Å². The Morgan fingerprint density at radius 2 is 1.76 bits per heavy atom. The molecule has 0 unspecified atom stereocenters. The molecule has 0 aliphatic heterocycles. The van der Waals surface area contributed by atoms with Crippen LogP contribution in [0.25, 0.3) is 6.08 Å². The molecule has 0 saturated carbocycles.